The first-order valence-electron chi connectivity index (χ1n) is 8.02. The largest absolute Gasteiger partial charge is 0.347 e. The highest BCUT2D eigenvalue weighted by molar-refractivity contribution is 7.13. The van der Waals surface area contributed by atoms with E-state index in [0.29, 0.717) is 12.2 Å². The Balaban J connectivity index is 1.39. The van der Waals surface area contributed by atoms with Gasteiger partial charge in [-0.1, -0.05) is 12.1 Å². The number of pyridine rings is 2. The Morgan fingerprint density at radius 3 is 2.85 bits per heavy atom. The summed E-state index contributed by atoms with van der Waals surface area (Å²) in [6.45, 7) is 0.389. The van der Waals surface area contributed by atoms with Gasteiger partial charge >= 0.3 is 0 Å². The van der Waals surface area contributed by atoms with Crippen LogP contribution in [0.25, 0.3) is 21.8 Å². The van der Waals surface area contributed by atoms with Crippen LogP contribution in [0.1, 0.15) is 16.1 Å². The van der Waals surface area contributed by atoms with E-state index in [0.717, 1.165) is 27.4 Å². The van der Waals surface area contributed by atoms with Crippen molar-refractivity contribution >= 4 is 17.2 Å². The number of amides is 1. The number of rotatable bonds is 5. The van der Waals surface area contributed by atoms with Crippen LogP contribution in [0.3, 0.4) is 0 Å². The number of carbonyl (C=O) groups is 1. The van der Waals surface area contributed by atoms with Crippen LogP contribution >= 0.6 is 11.3 Å². The molecule has 4 aromatic heterocycles. The second-order valence-corrected chi connectivity index (χ2v) is 6.57. The molecule has 4 rings (SSSR count). The van der Waals surface area contributed by atoms with Crippen molar-refractivity contribution in [2.24, 2.45) is 0 Å². The van der Waals surface area contributed by atoms with E-state index in [1.165, 1.54) is 0 Å². The molecule has 0 saturated heterocycles. The maximum atomic E-state index is 12.3. The van der Waals surface area contributed by atoms with E-state index in [9.17, 15) is 4.79 Å². The summed E-state index contributed by atoms with van der Waals surface area (Å²) in [5.74, 6) is -0.222. The van der Waals surface area contributed by atoms with Crippen LogP contribution in [0.2, 0.25) is 0 Å². The standard InChI is InChI=1S/C19H15N5OS/c25-19(17-9-16(23-24-17)18-4-2-8-26-18)22-11-13-5-6-15(21-10-13)14-3-1-7-20-12-14/h1-10,12H,11H2,(H,22,25)(H,23,24). The molecule has 7 heteroatoms. The highest BCUT2D eigenvalue weighted by Gasteiger charge is 2.11. The van der Waals surface area contributed by atoms with Crippen LogP contribution < -0.4 is 5.32 Å². The molecule has 4 aromatic rings. The van der Waals surface area contributed by atoms with Crippen LogP contribution in [-0.2, 0) is 6.54 Å². The van der Waals surface area contributed by atoms with Gasteiger partial charge in [-0.15, -0.1) is 11.3 Å². The third-order valence-corrected chi connectivity index (χ3v) is 4.74. The lowest BCUT2D eigenvalue weighted by atomic mass is 10.1. The number of aromatic nitrogens is 4. The van der Waals surface area contributed by atoms with Crippen LogP contribution in [-0.4, -0.2) is 26.1 Å². The Labute approximate surface area is 154 Å². The second-order valence-electron chi connectivity index (χ2n) is 5.62. The van der Waals surface area contributed by atoms with Crippen molar-refractivity contribution in [2.75, 3.05) is 0 Å². The predicted octanol–water partition coefficient (Wildman–Crippen LogP) is 3.53. The number of carbonyl (C=O) groups excluding carboxylic acids is 1. The van der Waals surface area contributed by atoms with E-state index in [2.05, 4.69) is 25.5 Å². The summed E-state index contributed by atoms with van der Waals surface area (Å²) < 4.78 is 0. The van der Waals surface area contributed by atoms with Gasteiger partial charge in [-0.2, -0.15) is 5.10 Å². The Hall–Kier alpha value is -3.32. The molecule has 26 heavy (non-hydrogen) atoms. The number of thiophene rings is 1. The lowest BCUT2D eigenvalue weighted by Crippen LogP contribution is -2.23. The molecule has 2 N–H and O–H groups in total. The molecule has 0 aliphatic rings. The van der Waals surface area contributed by atoms with Crippen molar-refractivity contribution in [2.45, 2.75) is 6.54 Å². The smallest absolute Gasteiger partial charge is 0.272 e. The van der Waals surface area contributed by atoms with Crippen molar-refractivity contribution in [1.82, 2.24) is 25.5 Å². The van der Waals surface area contributed by atoms with E-state index in [1.54, 1.807) is 36.0 Å². The molecule has 0 fully saturated rings. The molecule has 0 unspecified atom stereocenters. The van der Waals surface area contributed by atoms with Crippen molar-refractivity contribution in [3.63, 3.8) is 0 Å². The zero-order valence-corrected chi connectivity index (χ0v) is 14.5. The monoisotopic (exact) mass is 361 g/mol. The van der Waals surface area contributed by atoms with Gasteiger partial charge in [-0.25, -0.2) is 0 Å². The van der Waals surface area contributed by atoms with E-state index in [4.69, 9.17) is 0 Å². The molecule has 0 spiro atoms. The second kappa shape index (κ2) is 7.28. The van der Waals surface area contributed by atoms with Gasteiger partial charge in [0.15, 0.2) is 5.69 Å². The Bertz CT molecular complexity index is 994. The van der Waals surface area contributed by atoms with Crippen LogP contribution in [0.15, 0.2) is 66.4 Å². The highest BCUT2D eigenvalue weighted by atomic mass is 32.1. The van der Waals surface area contributed by atoms with E-state index < -0.39 is 0 Å². The summed E-state index contributed by atoms with van der Waals surface area (Å²) in [7, 11) is 0. The molecule has 128 valence electrons. The fourth-order valence-corrected chi connectivity index (χ4v) is 3.18. The SMILES string of the molecule is O=C(NCc1ccc(-c2cccnc2)nc1)c1cc(-c2cccs2)[nH]n1. The average molecular weight is 361 g/mol. The first-order chi connectivity index (χ1) is 12.8. The molecule has 0 bridgehead atoms. The van der Waals surface area contributed by atoms with Crippen LogP contribution in [0, 0.1) is 0 Å². The van der Waals surface area contributed by atoms with E-state index in [-0.39, 0.29) is 5.91 Å². The van der Waals surface area contributed by atoms with E-state index >= 15 is 0 Å². The number of hydrogen-bond donors (Lipinski definition) is 2. The summed E-state index contributed by atoms with van der Waals surface area (Å²) in [5.41, 5.74) is 3.93. The molecule has 0 aromatic carbocycles. The average Bonchev–Trinajstić information content (AvgIpc) is 3.39. The zero-order valence-electron chi connectivity index (χ0n) is 13.7. The third kappa shape index (κ3) is 3.52. The van der Waals surface area contributed by atoms with Gasteiger partial charge in [0.1, 0.15) is 0 Å². The molecule has 4 heterocycles. The number of nitrogens with zero attached hydrogens (tertiary/aromatic N) is 3. The molecule has 6 nitrogen and oxygen atoms in total. The summed E-state index contributed by atoms with van der Waals surface area (Å²) in [6, 6.07) is 13.4. The highest BCUT2D eigenvalue weighted by Crippen LogP contribution is 2.22. The molecular weight excluding hydrogens is 346 g/mol. The van der Waals surface area contributed by atoms with E-state index in [1.807, 2.05) is 41.8 Å². The third-order valence-electron chi connectivity index (χ3n) is 3.83. The number of H-pyrrole nitrogens is 1. The summed E-state index contributed by atoms with van der Waals surface area (Å²) in [4.78, 5) is 21.8. The first-order valence-corrected chi connectivity index (χ1v) is 8.90. The molecule has 0 aliphatic carbocycles. The molecular formula is C19H15N5OS. The Kier molecular flexibility index (Phi) is 4.53. The van der Waals surface area contributed by atoms with Crippen molar-refractivity contribution in [3.05, 3.63) is 77.7 Å². The lowest BCUT2D eigenvalue weighted by molar-refractivity contribution is 0.0946. The lowest BCUT2D eigenvalue weighted by Gasteiger charge is -2.05. The number of nitrogens with one attached hydrogen (secondary N) is 2. The van der Waals surface area contributed by atoms with Crippen molar-refractivity contribution in [1.29, 1.82) is 0 Å². The van der Waals surface area contributed by atoms with Crippen LogP contribution in [0.4, 0.5) is 0 Å². The predicted molar refractivity (Wildman–Crippen MR) is 101 cm³/mol. The van der Waals surface area contributed by atoms with Gasteiger partial charge in [0.25, 0.3) is 5.91 Å². The quantitative estimate of drug-likeness (QED) is 0.570. The molecule has 0 radical (unpaired) electrons. The Morgan fingerprint density at radius 1 is 1.15 bits per heavy atom. The molecule has 1 amide bonds. The van der Waals surface area contributed by atoms with Crippen molar-refractivity contribution < 1.29 is 4.79 Å². The Morgan fingerprint density at radius 2 is 2.12 bits per heavy atom. The minimum absolute atomic E-state index is 0.222. The maximum Gasteiger partial charge on any atom is 0.272 e. The zero-order chi connectivity index (χ0) is 17.8. The van der Waals surface area contributed by atoms with Gasteiger partial charge in [-0.05, 0) is 41.3 Å². The fraction of sp³-hybridized carbons (Fsp3) is 0.0526. The molecule has 0 saturated carbocycles. The summed E-state index contributed by atoms with van der Waals surface area (Å²) >= 11 is 1.60. The van der Waals surface area contributed by atoms with Gasteiger partial charge in [0.2, 0.25) is 0 Å². The summed E-state index contributed by atoms with van der Waals surface area (Å²) in [5, 5.41) is 11.8. The fourth-order valence-electron chi connectivity index (χ4n) is 2.48. The van der Waals surface area contributed by atoms with Crippen molar-refractivity contribution in [3.8, 4) is 21.8 Å². The van der Waals surface area contributed by atoms with Crippen LogP contribution in [0.5, 0.6) is 0 Å². The van der Waals surface area contributed by atoms with Gasteiger partial charge in [-0.3, -0.25) is 19.9 Å². The first kappa shape index (κ1) is 16.2. The minimum Gasteiger partial charge on any atom is -0.347 e. The summed E-state index contributed by atoms with van der Waals surface area (Å²) in [6.07, 6.45) is 5.25. The van der Waals surface area contributed by atoms with Gasteiger partial charge < -0.3 is 5.32 Å². The number of hydrogen-bond acceptors (Lipinski definition) is 5. The molecule has 0 atom stereocenters. The topological polar surface area (TPSA) is 83.6 Å². The maximum absolute atomic E-state index is 12.3. The minimum atomic E-state index is -0.222. The number of aromatic amines is 1. The normalized spacial score (nSPS) is 10.6. The van der Waals surface area contributed by atoms with Gasteiger partial charge in [0.05, 0.1) is 16.3 Å². The van der Waals surface area contributed by atoms with Gasteiger partial charge in [0, 0.05) is 30.7 Å². The molecule has 0 aliphatic heterocycles.